The third-order valence-corrected chi connectivity index (χ3v) is 4.83. The number of nitrogens with zero attached hydrogens (tertiary/aromatic N) is 2. The van der Waals surface area contributed by atoms with Gasteiger partial charge in [-0.05, 0) is 37.3 Å². The molecule has 0 bridgehead atoms. The number of morpholine rings is 1. The van der Waals surface area contributed by atoms with Crippen LogP contribution in [0.2, 0.25) is 0 Å². The number of ether oxygens (including phenoxy) is 2. The van der Waals surface area contributed by atoms with E-state index in [9.17, 15) is 9.59 Å². The Morgan fingerprint density at radius 2 is 1.86 bits per heavy atom. The van der Waals surface area contributed by atoms with Crippen molar-refractivity contribution in [1.29, 1.82) is 0 Å². The molecule has 0 radical (unpaired) electrons. The highest BCUT2D eigenvalue weighted by Crippen LogP contribution is 2.20. The van der Waals surface area contributed by atoms with Crippen molar-refractivity contribution in [1.82, 2.24) is 10.2 Å². The van der Waals surface area contributed by atoms with Crippen molar-refractivity contribution in [2.24, 2.45) is 0 Å². The van der Waals surface area contributed by atoms with Crippen LogP contribution in [0.4, 0.5) is 11.4 Å². The molecule has 0 spiro atoms. The van der Waals surface area contributed by atoms with E-state index in [1.807, 2.05) is 42.5 Å². The predicted octanol–water partition coefficient (Wildman–Crippen LogP) is 2.58. The van der Waals surface area contributed by atoms with Gasteiger partial charge >= 0.3 is 5.97 Å². The fourth-order valence-electron chi connectivity index (χ4n) is 3.21. The van der Waals surface area contributed by atoms with E-state index in [1.165, 1.54) is 6.92 Å². The summed E-state index contributed by atoms with van der Waals surface area (Å²) in [5.41, 5.74) is 2.61. The Balaban J connectivity index is 1.36. The fourth-order valence-corrected chi connectivity index (χ4v) is 3.21. The Hall–Kier alpha value is -3.39. The van der Waals surface area contributed by atoms with Crippen LogP contribution in [0.5, 0.6) is 0 Å². The van der Waals surface area contributed by atoms with E-state index in [4.69, 9.17) is 9.47 Å². The van der Waals surface area contributed by atoms with Crippen LogP contribution in [0, 0.1) is 0 Å². The van der Waals surface area contributed by atoms with Gasteiger partial charge in [-0.3, -0.25) is 9.89 Å². The highest BCUT2D eigenvalue weighted by molar-refractivity contribution is 6.03. The van der Waals surface area contributed by atoms with Crippen LogP contribution in [0.25, 0.3) is 10.9 Å². The van der Waals surface area contributed by atoms with Crippen LogP contribution < -0.4 is 10.2 Å². The van der Waals surface area contributed by atoms with E-state index in [1.54, 1.807) is 6.07 Å². The number of H-pyrrole nitrogens is 1. The van der Waals surface area contributed by atoms with E-state index in [0.717, 1.165) is 24.3 Å². The van der Waals surface area contributed by atoms with Crippen molar-refractivity contribution in [2.75, 3.05) is 36.5 Å². The molecule has 1 fully saturated rings. The van der Waals surface area contributed by atoms with Crippen molar-refractivity contribution < 1.29 is 19.1 Å². The molecule has 2 aromatic carbocycles. The zero-order valence-electron chi connectivity index (χ0n) is 16.1. The fraction of sp³-hybridized carbons (Fsp3) is 0.286. The smallest absolute Gasteiger partial charge is 0.360 e. The minimum absolute atomic E-state index is 0.162. The largest absolute Gasteiger partial charge is 0.448 e. The molecule has 0 unspecified atom stereocenters. The van der Waals surface area contributed by atoms with Gasteiger partial charge in [0.25, 0.3) is 5.91 Å². The number of carbonyl (C=O) groups excluding carboxylic acids is 2. The quantitative estimate of drug-likeness (QED) is 0.646. The molecule has 29 heavy (non-hydrogen) atoms. The molecule has 2 N–H and O–H groups in total. The Bertz CT molecular complexity index is 1010. The minimum atomic E-state index is -0.961. The molecule has 1 atom stereocenters. The topological polar surface area (TPSA) is 96.5 Å². The summed E-state index contributed by atoms with van der Waals surface area (Å²) in [5.74, 6) is -1.05. The SMILES string of the molecule is C[C@@H](OC(=O)c1n[nH]c2ccccc12)C(=O)Nc1ccc(N2CCOCC2)cc1. The first kappa shape index (κ1) is 18.9. The first-order valence-electron chi connectivity index (χ1n) is 9.49. The van der Waals surface area contributed by atoms with Crippen molar-refractivity contribution in [3.8, 4) is 0 Å². The number of para-hydroxylation sites is 1. The van der Waals surface area contributed by atoms with E-state index in [-0.39, 0.29) is 5.69 Å². The molecule has 2 heterocycles. The highest BCUT2D eigenvalue weighted by atomic mass is 16.5. The van der Waals surface area contributed by atoms with Gasteiger partial charge in [0, 0.05) is 29.9 Å². The van der Waals surface area contributed by atoms with Crippen LogP contribution in [-0.2, 0) is 14.3 Å². The first-order valence-corrected chi connectivity index (χ1v) is 9.49. The molecule has 8 heteroatoms. The summed E-state index contributed by atoms with van der Waals surface area (Å²) in [7, 11) is 0. The van der Waals surface area contributed by atoms with Gasteiger partial charge in [-0.2, -0.15) is 5.10 Å². The summed E-state index contributed by atoms with van der Waals surface area (Å²) in [6.45, 7) is 4.66. The first-order chi connectivity index (χ1) is 14.1. The number of aromatic amines is 1. The van der Waals surface area contributed by atoms with Gasteiger partial charge in [0.1, 0.15) is 0 Å². The average Bonchev–Trinajstić information content (AvgIpc) is 3.19. The van der Waals surface area contributed by atoms with Gasteiger partial charge in [-0.25, -0.2) is 4.79 Å². The average molecular weight is 394 g/mol. The molecule has 8 nitrogen and oxygen atoms in total. The van der Waals surface area contributed by atoms with Crippen molar-refractivity contribution in [3.05, 3.63) is 54.2 Å². The molecule has 1 saturated heterocycles. The maximum Gasteiger partial charge on any atom is 0.360 e. The number of aromatic nitrogens is 2. The van der Waals surface area contributed by atoms with Gasteiger partial charge in [-0.1, -0.05) is 18.2 Å². The molecule has 1 aliphatic rings. The van der Waals surface area contributed by atoms with E-state index < -0.39 is 18.0 Å². The minimum Gasteiger partial charge on any atom is -0.448 e. The molecule has 150 valence electrons. The number of anilines is 2. The Morgan fingerprint density at radius 3 is 2.62 bits per heavy atom. The van der Waals surface area contributed by atoms with Crippen molar-refractivity contribution in [3.63, 3.8) is 0 Å². The predicted molar refractivity (Wildman–Crippen MR) is 109 cm³/mol. The zero-order valence-corrected chi connectivity index (χ0v) is 16.1. The maximum absolute atomic E-state index is 12.4. The summed E-state index contributed by atoms with van der Waals surface area (Å²) in [5, 5.41) is 10.2. The summed E-state index contributed by atoms with van der Waals surface area (Å²) in [6.07, 6.45) is -0.961. The Labute approximate surface area is 167 Å². The van der Waals surface area contributed by atoms with Gasteiger partial charge in [0.2, 0.25) is 0 Å². The van der Waals surface area contributed by atoms with Gasteiger partial charge in [0.15, 0.2) is 11.8 Å². The molecule has 1 amide bonds. The van der Waals surface area contributed by atoms with E-state index in [2.05, 4.69) is 20.4 Å². The lowest BCUT2D eigenvalue weighted by Gasteiger charge is -2.28. The van der Waals surface area contributed by atoms with Crippen LogP contribution in [0.3, 0.4) is 0 Å². The van der Waals surface area contributed by atoms with Crippen LogP contribution in [0.1, 0.15) is 17.4 Å². The number of rotatable bonds is 5. The second-order valence-electron chi connectivity index (χ2n) is 6.80. The maximum atomic E-state index is 12.4. The van der Waals surface area contributed by atoms with Gasteiger partial charge in [-0.15, -0.1) is 0 Å². The number of carbonyl (C=O) groups is 2. The Morgan fingerprint density at radius 1 is 1.14 bits per heavy atom. The number of amides is 1. The normalized spacial score (nSPS) is 15.1. The zero-order chi connectivity index (χ0) is 20.2. The third-order valence-electron chi connectivity index (χ3n) is 4.83. The summed E-state index contributed by atoms with van der Waals surface area (Å²) >= 11 is 0. The third kappa shape index (κ3) is 4.22. The second-order valence-corrected chi connectivity index (χ2v) is 6.80. The van der Waals surface area contributed by atoms with E-state index >= 15 is 0 Å². The number of benzene rings is 2. The van der Waals surface area contributed by atoms with Gasteiger partial charge < -0.3 is 19.7 Å². The second kappa shape index (κ2) is 8.32. The number of nitrogens with one attached hydrogen (secondary N) is 2. The molecule has 3 aromatic rings. The number of esters is 1. The van der Waals surface area contributed by atoms with Gasteiger partial charge in [0.05, 0.1) is 18.7 Å². The Kier molecular flexibility index (Phi) is 5.44. The molecule has 0 aliphatic carbocycles. The van der Waals surface area contributed by atoms with Crippen LogP contribution >= 0.6 is 0 Å². The van der Waals surface area contributed by atoms with Crippen LogP contribution in [-0.4, -0.2) is 54.5 Å². The molecular weight excluding hydrogens is 372 g/mol. The number of fused-ring (bicyclic) bond motifs is 1. The number of hydrogen-bond acceptors (Lipinski definition) is 6. The lowest BCUT2D eigenvalue weighted by molar-refractivity contribution is -0.123. The number of hydrogen-bond donors (Lipinski definition) is 2. The summed E-state index contributed by atoms with van der Waals surface area (Å²) in [4.78, 5) is 27.1. The lowest BCUT2D eigenvalue weighted by Crippen LogP contribution is -2.36. The molecular formula is C21H22N4O4. The molecule has 1 aromatic heterocycles. The summed E-state index contributed by atoms with van der Waals surface area (Å²) < 4.78 is 10.7. The monoisotopic (exact) mass is 394 g/mol. The van der Waals surface area contributed by atoms with Crippen molar-refractivity contribution >= 4 is 34.2 Å². The lowest BCUT2D eigenvalue weighted by atomic mass is 10.2. The summed E-state index contributed by atoms with van der Waals surface area (Å²) in [6, 6.07) is 14.8. The van der Waals surface area contributed by atoms with Crippen molar-refractivity contribution in [2.45, 2.75) is 13.0 Å². The standard InChI is InChI=1S/C21H22N4O4/c1-14(29-21(27)19-17-4-2-3-5-18(17)23-24-19)20(26)22-15-6-8-16(9-7-15)25-10-12-28-13-11-25/h2-9,14H,10-13H2,1H3,(H,22,26)(H,23,24)/t14-/m1/s1. The van der Waals surface area contributed by atoms with Crippen LogP contribution in [0.15, 0.2) is 48.5 Å². The molecule has 1 aliphatic heterocycles. The van der Waals surface area contributed by atoms with E-state index in [0.29, 0.717) is 24.3 Å². The molecule has 0 saturated carbocycles. The highest BCUT2D eigenvalue weighted by Gasteiger charge is 2.22. The molecule has 4 rings (SSSR count).